The van der Waals surface area contributed by atoms with E-state index in [9.17, 15) is 5.11 Å². The van der Waals surface area contributed by atoms with Crippen molar-refractivity contribution in [3.8, 4) is 10.7 Å². The summed E-state index contributed by atoms with van der Waals surface area (Å²) in [6.45, 7) is 0.170. The normalized spacial score (nSPS) is 19.7. The molecule has 1 unspecified atom stereocenters. The van der Waals surface area contributed by atoms with E-state index in [1.807, 2.05) is 17.5 Å². The summed E-state index contributed by atoms with van der Waals surface area (Å²) < 4.78 is 2.11. The molecule has 0 spiro atoms. The van der Waals surface area contributed by atoms with E-state index in [1.165, 1.54) is 0 Å². The van der Waals surface area contributed by atoms with Crippen LogP contribution in [0.4, 0.5) is 0 Å². The smallest absolute Gasteiger partial charge is 0.174 e. The fraction of sp³-hybridized carbons (Fsp3) is 0.455. The van der Waals surface area contributed by atoms with Gasteiger partial charge in [0.2, 0.25) is 0 Å². The van der Waals surface area contributed by atoms with E-state index in [-0.39, 0.29) is 12.6 Å². The summed E-state index contributed by atoms with van der Waals surface area (Å²) in [7, 11) is 0. The van der Waals surface area contributed by atoms with E-state index < -0.39 is 0 Å². The predicted octanol–water partition coefficient (Wildman–Crippen LogP) is 1.88. The Morgan fingerprint density at radius 3 is 3.19 bits per heavy atom. The van der Waals surface area contributed by atoms with E-state index in [1.54, 1.807) is 11.3 Å². The first kappa shape index (κ1) is 9.99. The fourth-order valence-corrected chi connectivity index (χ4v) is 2.95. The molecule has 0 fully saturated rings. The average molecular weight is 235 g/mol. The molecule has 2 aromatic rings. The number of hydrogen-bond acceptors (Lipinski definition) is 4. The van der Waals surface area contributed by atoms with Crippen molar-refractivity contribution in [1.82, 2.24) is 14.8 Å². The van der Waals surface area contributed by atoms with Gasteiger partial charge in [0.1, 0.15) is 5.82 Å². The summed E-state index contributed by atoms with van der Waals surface area (Å²) in [5.74, 6) is 1.91. The Kier molecular flexibility index (Phi) is 2.49. The van der Waals surface area contributed by atoms with Crippen molar-refractivity contribution in [2.24, 2.45) is 0 Å². The average Bonchev–Trinajstić information content (AvgIpc) is 2.96. The largest absolute Gasteiger partial charge is 0.394 e. The van der Waals surface area contributed by atoms with Gasteiger partial charge in [-0.2, -0.15) is 0 Å². The fourth-order valence-electron chi connectivity index (χ4n) is 2.25. The van der Waals surface area contributed by atoms with Crippen LogP contribution in [0.2, 0.25) is 0 Å². The molecular weight excluding hydrogens is 222 g/mol. The highest BCUT2D eigenvalue weighted by atomic mass is 32.1. The van der Waals surface area contributed by atoms with Crippen molar-refractivity contribution in [2.45, 2.75) is 25.3 Å². The van der Waals surface area contributed by atoms with Gasteiger partial charge in [-0.05, 0) is 24.3 Å². The lowest BCUT2D eigenvalue weighted by atomic mass is 10.1. The molecule has 1 aliphatic rings. The molecule has 0 amide bonds. The molecule has 16 heavy (non-hydrogen) atoms. The highest BCUT2D eigenvalue weighted by molar-refractivity contribution is 7.13. The second kappa shape index (κ2) is 3.99. The number of hydrogen-bond donors (Lipinski definition) is 1. The molecule has 0 bridgehead atoms. The number of aromatic nitrogens is 3. The zero-order valence-corrected chi connectivity index (χ0v) is 9.65. The van der Waals surface area contributed by atoms with Crippen LogP contribution in [-0.2, 0) is 6.42 Å². The van der Waals surface area contributed by atoms with Gasteiger partial charge in [0.25, 0.3) is 0 Å². The third kappa shape index (κ3) is 1.47. The van der Waals surface area contributed by atoms with Gasteiger partial charge in [0.15, 0.2) is 5.82 Å². The molecule has 0 saturated heterocycles. The summed E-state index contributed by atoms with van der Waals surface area (Å²) in [6, 6.07) is 4.21. The quantitative estimate of drug-likeness (QED) is 0.864. The molecule has 3 heterocycles. The molecule has 0 aromatic carbocycles. The molecule has 4 nitrogen and oxygen atoms in total. The van der Waals surface area contributed by atoms with Crippen molar-refractivity contribution in [3.05, 3.63) is 23.3 Å². The maximum atomic E-state index is 9.41. The standard InChI is InChI=1S/C11H13N3OS/c15-7-8-3-1-5-10-12-13-11(14(8)10)9-4-2-6-16-9/h2,4,6,8,15H,1,3,5,7H2. The first-order valence-corrected chi connectivity index (χ1v) is 6.36. The molecule has 0 saturated carbocycles. The Morgan fingerprint density at radius 2 is 2.44 bits per heavy atom. The minimum Gasteiger partial charge on any atom is -0.394 e. The molecule has 1 aliphatic heterocycles. The van der Waals surface area contributed by atoms with Crippen LogP contribution in [0.25, 0.3) is 10.7 Å². The maximum absolute atomic E-state index is 9.41. The minimum absolute atomic E-state index is 0.149. The van der Waals surface area contributed by atoms with Gasteiger partial charge in [-0.15, -0.1) is 21.5 Å². The Bertz CT molecular complexity index is 477. The van der Waals surface area contributed by atoms with Crippen LogP contribution < -0.4 is 0 Å². The molecule has 0 radical (unpaired) electrons. The van der Waals surface area contributed by atoms with Crippen molar-refractivity contribution >= 4 is 11.3 Å². The Labute approximate surface area is 97.6 Å². The van der Waals surface area contributed by atoms with Crippen molar-refractivity contribution in [2.75, 3.05) is 6.61 Å². The lowest BCUT2D eigenvalue weighted by Gasteiger charge is -2.23. The van der Waals surface area contributed by atoms with Crippen molar-refractivity contribution in [3.63, 3.8) is 0 Å². The summed E-state index contributed by atoms with van der Waals surface area (Å²) in [5, 5.41) is 19.9. The van der Waals surface area contributed by atoms with Gasteiger partial charge in [-0.1, -0.05) is 6.07 Å². The second-order valence-electron chi connectivity index (χ2n) is 4.02. The van der Waals surface area contributed by atoms with Gasteiger partial charge in [-0.3, -0.25) is 0 Å². The first-order chi connectivity index (χ1) is 7.90. The van der Waals surface area contributed by atoms with Crippen LogP contribution in [0, 0.1) is 0 Å². The van der Waals surface area contributed by atoms with E-state index >= 15 is 0 Å². The predicted molar refractivity (Wildman–Crippen MR) is 62.4 cm³/mol. The van der Waals surface area contributed by atoms with Gasteiger partial charge in [-0.25, -0.2) is 0 Å². The SMILES string of the molecule is OCC1CCCc2nnc(-c3cccs3)n21. The summed E-state index contributed by atoms with van der Waals surface area (Å²) in [5.41, 5.74) is 0. The van der Waals surface area contributed by atoms with Crippen LogP contribution in [0.1, 0.15) is 24.7 Å². The van der Waals surface area contributed by atoms with E-state index in [0.29, 0.717) is 0 Å². The third-order valence-electron chi connectivity index (χ3n) is 3.02. The van der Waals surface area contributed by atoms with Crippen molar-refractivity contribution in [1.29, 1.82) is 0 Å². The lowest BCUT2D eigenvalue weighted by molar-refractivity contribution is 0.207. The van der Waals surface area contributed by atoms with Crippen LogP contribution >= 0.6 is 11.3 Å². The highest BCUT2D eigenvalue weighted by Crippen LogP contribution is 2.31. The number of aryl methyl sites for hydroxylation is 1. The third-order valence-corrected chi connectivity index (χ3v) is 3.89. The van der Waals surface area contributed by atoms with Gasteiger partial charge >= 0.3 is 0 Å². The Balaban J connectivity index is 2.11. The number of fused-ring (bicyclic) bond motifs is 1. The maximum Gasteiger partial charge on any atom is 0.174 e. The summed E-state index contributed by atoms with van der Waals surface area (Å²) >= 11 is 1.66. The molecule has 1 atom stereocenters. The second-order valence-corrected chi connectivity index (χ2v) is 4.96. The zero-order chi connectivity index (χ0) is 11.0. The van der Waals surface area contributed by atoms with Crippen LogP contribution in [0.3, 0.4) is 0 Å². The number of thiophene rings is 1. The molecule has 1 N–H and O–H groups in total. The Hall–Kier alpha value is -1.20. The van der Waals surface area contributed by atoms with Gasteiger partial charge < -0.3 is 9.67 Å². The van der Waals surface area contributed by atoms with Crippen molar-refractivity contribution < 1.29 is 5.11 Å². The molecule has 5 heteroatoms. The molecular formula is C11H13N3OS. The lowest BCUT2D eigenvalue weighted by Crippen LogP contribution is -2.21. The zero-order valence-electron chi connectivity index (χ0n) is 8.83. The highest BCUT2D eigenvalue weighted by Gasteiger charge is 2.24. The monoisotopic (exact) mass is 235 g/mol. The number of aliphatic hydroxyl groups excluding tert-OH is 1. The number of nitrogens with zero attached hydrogens (tertiary/aromatic N) is 3. The molecule has 3 rings (SSSR count). The first-order valence-electron chi connectivity index (χ1n) is 5.48. The van der Waals surface area contributed by atoms with E-state index in [4.69, 9.17) is 0 Å². The number of aliphatic hydroxyl groups is 1. The van der Waals surface area contributed by atoms with Crippen LogP contribution in [0.5, 0.6) is 0 Å². The minimum atomic E-state index is 0.149. The van der Waals surface area contributed by atoms with Crippen LogP contribution in [-0.4, -0.2) is 26.5 Å². The topological polar surface area (TPSA) is 50.9 Å². The Morgan fingerprint density at radius 1 is 1.50 bits per heavy atom. The molecule has 2 aromatic heterocycles. The van der Waals surface area contributed by atoms with E-state index in [0.717, 1.165) is 35.8 Å². The molecule has 0 aliphatic carbocycles. The molecule has 84 valence electrons. The van der Waals surface area contributed by atoms with Gasteiger partial charge in [0.05, 0.1) is 17.5 Å². The van der Waals surface area contributed by atoms with Gasteiger partial charge in [0, 0.05) is 6.42 Å². The van der Waals surface area contributed by atoms with E-state index in [2.05, 4.69) is 14.8 Å². The summed E-state index contributed by atoms with van der Waals surface area (Å²) in [4.78, 5) is 1.12. The van der Waals surface area contributed by atoms with Crippen LogP contribution in [0.15, 0.2) is 17.5 Å². The number of rotatable bonds is 2. The summed E-state index contributed by atoms with van der Waals surface area (Å²) in [6.07, 6.45) is 3.07.